The van der Waals surface area contributed by atoms with Crippen LogP contribution in [0, 0.1) is 0 Å². The van der Waals surface area contributed by atoms with Crippen molar-refractivity contribution in [3.05, 3.63) is 71.6 Å². The molecule has 0 saturated carbocycles. The van der Waals surface area contributed by atoms with E-state index in [9.17, 15) is 24.3 Å². The summed E-state index contributed by atoms with van der Waals surface area (Å²) < 4.78 is 5.96. The van der Waals surface area contributed by atoms with Crippen LogP contribution in [-0.2, 0) is 19.2 Å². The van der Waals surface area contributed by atoms with Crippen molar-refractivity contribution in [2.24, 2.45) is 0 Å². The first kappa shape index (κ1) is 24.1. The van der Waals surface area contributed by atoms with E-state index in [0.717, 1.165) is 23.4 Å². The van der Waals surface area contributed by atoms with Gasteiger partial charge in [0.1, 0.15) is 11.3 Å². The highest BCUT2D eigenvalue weighted by molar-refractivity contribution is 6.07. The summed E-state index contributed by atoms with van der Waals surface area (Å²) in [6.45, 7) is 1.14. The Bertz CT molecular complexity index is 1540. The maximum absolute atomic E-state index is 11.7. The van der Waals surface area contributed by atoms with E-state index in [0.29, 0.717) is 33.0 Å². The maximum atomic E-state index is 11.7. The van der Waals surface area contributed by atoms with Crippen molar-refractivity contribution >= 4 is 40.4 Å². The summed E-state index contributed by atoms with van der Waals surface area (Å²) in [4.78, 5) is 47.9. The maximum Gasteiger partial charge on any atom is 0.336 e. The number of nitrogens with two attached hydrogens (primary N) is 2. The quantitative estimate of drug-likeness (QED) is 0.223. The van der Waals surface area contributed by atoms with Crippen molar-refractivity contribution in [3.8, 4) is 22.5 Å². The van der Waals surface area contributed by atoms with Crippen LogP contribution < -0.4 is 16.5 Å². The molecule has 182 valence electrons. The lowest BCUT2D eigenvalue weighted by molar-refractivity contribution is -0.195. The number of fused-ring (bicyclic) bond motifs is 2. The molecule has 1 saturated heterocycles. The van der Waals surface area contributed by atoms with Gasteiger partial charge in [-0.3, -0.25) is 15.0 Å². The minimum atomic E-state index is -0.983. The third kappa shape index (κ3) is 4.78. The lowest BCUT2D eigenvalue weighted by Gasteiger charge is -2.16. The molecule has 36 heavy (non-hydrogen) atoms. The topological polar surface area (TPSA) is 166 Å². The molecule has 5 N–H and O–H groups in total. The molecular formula is C26H22N3O7+. The van der Waals surface area contributed by atoms with Gasteiger partial charge in [0, 0.05) is 54.1 Å². The summed E-state index contributed by atoms with van der Waals surface area (Å²) in [5, 5.41) is 17.4. The van der Waals surface area contributed by atoms with Crippen molar-refractivity contribution < 1.29 is 38.9 Å². The van der Waals surface area contributed by atoms with Crippen LogP contribution in [0.4, 0.5) is 5.69 Å². The lowest BCUT2D eigenvalue weighted by atomic mass is 9.91. The standard InChI is InChI=1S/C20H14N2O3.C6H7NO4/c21-11-5-7-15-17(9-11)25-18-10-12(22)6-8-16(18)19(15)13-3-1-2-4-14(13)20(23)24;1-4(8)11-7-5(9)2-3-6(7)10/h1-10,21H,22H2,(H,23,24);2-3H2,1H3/p+1. The van der Waals surface area contributed by atoms with Gasteiger partial charge in [0.2, 0.25) is 0 Å². The molecule has 2 amide bonds. The number of nitrogens with zero attached hydrogens (tertiary/aromatic N) is 1. The molecule has 0 radical (unpaired) electrons. The second kappa shape index (κ2) is 9.71. The number of benzene rings is 3. The van der Waals surface area contributed by atoms with Crippen molar-refractivity contribution in [3.63, 3.8) is 0 Å². The Morgan fingerprint density at radius 2 is 1.69 bits per heavy atom. The minimum Gasteiger partial charge on any atom is -0.478 e. The average Bonchev–Trinajstić information content (AvgIpc) is 3.14. The van der Waals surface area contributed by atoms with E-state index in [1.54, 1.807) is 42.5 Å². The van der Waals surface area contributed by atoms with E-state index in [1.807, 2.05) is 18.2 Å². The van der Waals surface area contributed by atoms with Gasteiger partial charge in [-0.05, 0) is 29.8 Å². The van der Waals surface area contributed by atoms with Crippen molar-refractivity contribution in [2.75, 3.05) is 5.73 Å². The highest BCUT2D eigenvalue weighted by Crippen LogP contribution is 2.41. The number of carboxylic acids is 1. The summed E-state index contributed by atoms with van der Waals surface area (Å²) in [5.41, 5.74) is 9.46. The molecule has 0 unspecified atom stereocenters. The molecule has 1 aliphatic carbocycles. The Kier molecular flexibility index (Phi) is 6.51. The number of aromatic carboxylic acids is 1. The van der Waals surface area contributed by atoms with Crippen LogP contribution in [-0.4, -0.2) is 33.9 Å². The third-order valence-corrected chi connectivity index (χ3v) is 5.42. The molecular weight excluding hydrogens is 466 g/mol. The number of nitrogen functional groups attached to an aromatic ring is 1. The van der Waals surface area contributed by atoms with Gasteiger partial charge in [0.05, 0.1) is 11.6 Å². The largest absolute Gasteiger partial charge is 0.478 e. The molecule has 3 aliphatic rings. The summed E-state index contributed by atoms with van der Waals surface area (Å²) in [5.74, 6) is -1.97. The van der Waals surface area contributed by atoms with Crippen LogP contribution in [0.5, 0.6) is 0 Å². The zero-order valence-electron chi connectivity index (χ0n) is 19.2. The molecule has 2 aromatic carbocycles. The fraction of sp³-hybridized carbons (Fsp3) is 0.115. The molecule has 10 nitrogen and oxygen atoms in total. The Hall–Kier alpha value is -4.99. The molecule has 5 rings (SSSR count). The van der Waals surface area contributed by atoms with E-state index >= 15 is 0 Å². The Labute approximate surface area is 204 Å². The van der Waals surface area contributed by atoms with Gasteiger partial charge in [-0.1, -0.05) is 18.2 Å². The average molecular weight is 488 g/mol. The lowest BCUT2D eigenvalue weighted by Crippen LogP contribution is -2.44. The highest BCUT2D eigenvalue weighted by atomic mass is 16.7. The number of hydrogen-bond donors (Lipinski definition) is 3. The van der Waals surface area contributed by atoms with E-state index in [2.05, 4.69) is 4.84 Å². The molecule has 2 heterocycles. The number of carbonyl (C=O) groups excluding carboxylic acids is 3. The Morgan fingerprint density at radius 1 is 1.00 bits per heavy atom. The fourth-order valence-corrected chi connectivity index (χ4v) is 3.89. The molecule has 2 aliphatic heterocycles. The fourth-order valence-electron chi connectivity index (χ4n) is 3.89. The molecule has 2 aromatic rings. The van der Waals surface area contributed by atoms with Crippen LogP contribution >= 0.6 is 0 Å². The number of hydroxylamine groups is 2. The minimum absolute atomic E-state index is 0.131. The number of carboxylic acid groups (broad SMARTS) is 1. The predicted molar refractivity (Wildman–Crippen MR) is 128 cm³/mol. The number of anilines is 1. The van der Waals surface area contributed by atoms with Crippen LogP contribution in [0.25, 0.3) is 33.4 Å². The third-order valence-electron chi connectivity index (χ3n) is 5.42. The van der Waals surface area contributed by atoms with E-state index < -0.39 is 23.8 Å². The van der Waals surface area contributed by atoms with E-state index in [-0.39, 0.29) is 18.4 Å². The summed E-state index contributed by atoms with van der Waals surface area (Å²) >= 11 is 0. The molecule has 1 fully saturated rings. The van der Waals surface area contributed by atoms with Gasteiger partial charge in [0.25, 0.3) is 11.8 Å². The summed E-state index contributed by atoms with van der Waals surface area (Å²) in [7, 11) is 0. The zero-order chi connectivity index (χ0) is 26.0. The van der Waals surface area contributed by atoms with Crippen molar-refractivity contribution in [1.29, 1.82) is 0 Å². The first-order valence-corrected chi connectivity index (χ1v) is 10.9. The summed E-state index contributed by atoms with van der Waals surface area (Å²) in [6, 6.07) is 17.6. The van der Waals surface area contributed by atoms with Crippen molar-refractivity contribution in [2.45, 2.75) is 19.8 Å². The zero-order valence-corrected chi connectivity index (χ0v) is 19.2. The molecule has 0 spiro atoms. The second-order valence-electron chi connectivity index (χ2n) is 8.00. The predicted octanol–water partition coefficient (Wildman–Crippen LogP) is 1.76. The van der Waals surface area contributed by atoms with Gasteiger partial charge in [-0.25, -0.2) is 9.59 Å². The van der Waals surface area contributed by atoms with Crippen LogP contribution in [0.1, 0.15) is 30.1 Å². The number of carbonyl (C=O) groups is 4. The first-order valence-electron chi connectivity index (χ1n) is 10.9. The molecule has 10 heteroatoms. The van der Waals surface area contributed by atoms with Gasteiger partial charge in [0.15, 0.2) is 5.36 Å². The monoisotopic (exact) mass is 488 g/mol. The SMILES string of the molecule is CC(=O)ON1C(=O)CCC1=O.Nc1ccc2c(-c3ccccc3C(=O)O)c3ccc(=[NH2+])cc-3oc2c1. The number of imide groups is 1. The number of hydrogen-bond acceptors (Lipinski definition) is 7. The first-order chi connectivity index (χ1) is 17.2. The van der Waals surface area contributed by atoms with Crippen LogP contribution in [0.15, 0.2) is 65.1 Å². The molecule has 0 atom stereocenters. The molecule has 0 aromatic heterocycles. The second-order valence-corrected chi connectivity index (χ2v) is 8.00. The van der Waals surface area contributed by atoms with Crippen molar-refractivity contribution in [1.82, 2.24) is 5.06 Å². The smallest absolute Gasteiger partial charge is 0.336 e. The van der Waals surface area contributed by atoms with E-state index in [4.69, 9.17) is 15.6 Å². The Morgan fingerprint density at radius 3 is 2.36 bits per heavy atom. The number of rotatable bonds is 3. The number of amides is 2. The normalized spacial score (nSPS) is 13.0. The molecule has 0 bridgehead atoms. The summed E-state index contributed by atoms with van der Waals surface area (Å²) in [6.07, 6.45) is 0.262. The van der Waals surface area contributed by atoms with Crippen LogP contribution in [0.3, 0.4) is 0 Å². The van der Waals surface area contributed by atoms with Gasteiger partial charge in [-0.2, -0.15) is 0 Å². The van der Waals surface area contributed by atoms with Gasteiger partial charge in [-0.15, -0.1) is 5.06 Å². The van der Waals surface area contributed by atoms with E-state index in [1.165, 1.54) is 0 Å². The van der Waals surface area contributed by atoms with Gasteiger partial charge < -0.3 is 20.1 Å². The van der Waals surface area contributed by atoms with Gasteiger partial charge >= 0.3 is 11.9 Å². The highest BCUT2D eigenvalue weighted by Gasteiger charge is 2.31. The Balaban J connectivity index is 0.000000233. The van der Waals surface area contributed by atoms with Crippen LogP contribution in [0.2, 0.25) is 0 Å².